The second-order valence-corrected chi connectivity index (χ2v) is 7.71. The van der Waals surface area contributed by atoms with Crippen LogP contribution in [0.3, 0.4) is 0 Å². The van der Waals surface area contributed by atoms with Gasteiger partial charge in [0.1, 0.15) is 17.5 Å². The van der Waals surface area contributed by atoms with Gasteiger partial charge in [-0.2, -0.15) is 0 Å². The Balaban J connectivity index is 1.65. The molecule has 0 aliphatic carbocycles. The molecule has 0 spiro atoms. The van der Waals surface area contributed by atoms with Gasteiger partial charge in [-0.3, -0.25) is 9.59 Å². The van der Waals surface area contributed by atoms with Gasteiger partial charge in [-0.15, -0.1) is 0 Å². The highest BCUT2D eigenvalue weighted by molar-refractivity contribution is 5.95. The molecule has 2 aromatic carbocycles. The summed E-state index contributed by atoms with van der Waals surface area (Å²) >= 11 is 0. The van der Waals surface area contributed by atoms with E-state index in [0.717, 1.165) is 36.4 Å². The second kappa shape index (κ2) is 9.63. The normalized spacial score (nSPS) is 18.0. The van der Waals surface area contributed by atoms with E-state index < -0.39 is 0 Å². The average Bonchev–Trinajstić information content (AvgIpc) is 3.20. The number of rotatable bonds is 7. The maximum atomic E-state index is 12.7. The van der Waals surface area contributed by atoms with Crippen molar-refractivity contribution < 1.29 is 24.0 Å². The number of anilines is 1. The van der Waals surface area contributed by atoms with E-state index in [-0.39, 0.29) is 17.9 Å². The molecule has 0 bridgehead atoms. The molecule has 1 saturated heterocycles. The molecule has 2 N–H and O–H groups in total. The number of amides is 2. The molecule has 2 amide bonds. The number of hydrogen-bond donors (Lipinski definition) is 2. The fourth-order valence-corrected chi connectivity index (χ4v) is 3.97. The number of quaternary nitrogens is 1. The van der Waals surface area contributed by atoms with Crippen molar-refractivity contribution in [3.05, 3.63) is 53.6 Å². The van der Waals surface area contributed by atoms with Gasteiger partial charge in [-0.05, 0) is 36.4 Å². The average molecular weight is 413 g/mol. The highest BCUT2D eigenvalue weighted by Gasteiger charge is 2.33. The first kappa shape index (κ1) is 21.6. The van der Waals surface area contributed by atoms with Crippen LogP contribution < -0.4 is 19.7 Å². The van der Waals surface area contributed by atoms with Crippen molar-refractivity contribution in [2.45, 2.75) is 18.9 Å². The topological polar surface area (TPSA) is 72.3 Å². The van der Waals surface area contributed by atoms with Crippen molar-refractivity contribution in [2.24, 2.45) is 0 Å². The van der Waals surface area contributed by atoms with Gasteiger partial charge in [0.05, 0.1) is 26.3 Å². The van der Waals surface area contributed by atoms with Crippen LogP contribution in [0, 0.1) is 0 Å². The van der Waals surface area contributed by atoms with Crippen molar-refractivity contribution in [3.63, 3.8) is 0 Å². The van der Waals surface area contributed by atoms with Crippen LogP contribution in [0.4, 0.5) is 5.69 Å². The number of methoxy groups -OCH3 is 2. The van der Waals surface area contributed by atoms with Crippen LogP contribution in [-0.2, 0) is 4.79 Å². The molecule has 7 nitrogen and oxygen atoms in total. The Morgan fingerprint density at radius 1 is 1.10 bits per heavy atom. The third-order valence-corrected chi connectivity index (χ3v) is 5.51. The van der Waals surface area contributed by atoms with Gasteiger partial charge < -0.3 is 24.6 Å². The van der Waals surface area contributed by atoms with E-state index in [1.165, 1.54) is 9.80 Å². The molecule has 1 unspecified atom stereocenters. The lowest BCUT2D eigenvalue weighted by Gasteiger charge is -2.23. The Morgan fingerprint density at radius 2 is 1.83 bits per heavy atom. The summed E-state index contributed by atoms with van der Waals surface area (Å²) in [5.41, 5.74) is 2.38. The zero-order chi connectivity index (χ0) is 21.7. The molecule has 3 rings (SSSR count). The summed E-state index contributed by atoms with van der Waals surface area (Å²) in [6, 6.07) is 13.0. The molecule has 160 valence electrons. The Kier molecular flexibility index (Phi) is 6.95. The van der Waals surface area contributed by atoms with E-state index in [0.29, 0.717) is 17.8 Å². The van der Waals surface area contributed by atoms with Crippen LogP contribution in [0.1, 0.15) is 34.8 Å². The fourth-order valence-electron chi connectivity index (χ4n) is 3.97. The van der Waals surface area contributed by atoms with Gasteiger partial charge in [-0.25, -0.2) is 0 Å². The monoisotopic (exact) mass is 412 g/mol. The standard InChI is InChI=1S/C23H29N3O4/c1-25(2)23(28)16-7-9-17(10-8-16)24-22(27)15-26-13-5-6-20(26)19-12-11-18(29-3)14-21(19)30-4/h7-12,14,20H,5-6,13,15H2,1-4H3,(H,24,27)/p+1/t20-/m1/s1. The molecule has 1 aliphatic rings. The van der Waals surface area contributed by atoms with Crippen LogP contribution in [0.15, 0.2) is 42.5 Å². The lowest BCUT2D eigenvalue weighted by Crippen LogP contribution is -3.11. The highest BCUT2D eigenvalue weighted by atomic mass is 16.5. The minimum absolute atomic E-state index is 0.0453. The SMILES string of the molecule is COc1ccc([C@H]2CCC[NH+]2CC(=O)Nc2ccc(C(=O)N(C)C)cc2)c(OC)c1. The van der Waals surface area contributed by atoms with Crippen LogP contribution >= 0.6 is 0 Å². The van der Waals surface area contributed by atoms with E-state index in [9.17, 15) is 9.59 Å². The van der Waals surface area contributed by atoms with Crippen molar-refractivity contribution in [3.8, 4) is 11.5 Å². The quantitative estimate of drug-likeness (QED) is 0.727. The van der Waals surface area contributed by atoms with Crippen molar-refractivity contribution in [2.75, 3.05) is 46.7 Å². The number of ether oxygens (including phenoxy) is 2. The van der Waals surface area contributed by atoms with E-state index in [4.69, 9.17) is 9.47 Å². The largest absolute Gasteiger partial charge is 0.497 e. The molecule has 1 aliphatic heterocycles. The van der Waals surface area contributed by atoms with E-state index in [1.54, 1.807) is 52.6 Å². The summed E-state index contributed by atoms with van der Waals surface area (Å²) in [6.45, 7) is 1.31. The Morgan fingerprint density at radius 3 is 2.47 bits per heavy atom. The molecule has 1 heterocycles. The number of carbonyl (C=O) groups is 2. The first-order chi connectivity index (χ1) is 14.4. The Bertz CT molecular complexity index is 896. The predicted octanol–water partition coefficient (Wildman–Crippen LogP) is 1.76. The van der Waals surface area contributed by atoms with Crippen molar-refractivity contribution in [1.29, 1.82) is 0 Å². The van der Waals surface area contributed by atoms with Gasteiger partial charge in [-0.1, -0.05) is 0 Å². The molecular formula is C23H30N3O4+. The van der Waals surface area contributed by atoms with Gasteiger partial charge in [0.2, 0.25) is 0 Å². The van der Waals surface area contributed by atoms with Crippen LogP contribution in [0.2, 0.25) is 0 Å². The minimum atomic E-state index is -0.0642. The summed E-state index contributed by atoms with van der Waals surface area (Å²) in [7, 11) is 6.72. The molecule has 30 heavy (non-hydrogen) atoms. The van der Waals surface area contributed by atoms with Gasteiger partial charge >= 0.3 is 0 Å². The summed E-state index contributed by atoms with van der Waals surface area (Å²) in [6.07, 6.45) is 2.07. The number of carbonyl (C=O) groups excluding carboxylic acids is 2. The van der Waals surface area contributed by atoms with E-state index in [1.807, 2.05) is 18.2 Å². The number of likely N-dealkylation sites (tertiary alicyclic amines) is 1. The highest BCUT2D eigenvalue weighted by Crippen LogP contribution is 2.31. The number of hydrogen-bond acceptors (Lipinski definition) is 4. The zero-order valence-corrected chi connectivity index (χ0v) is 18.0. The number of nitrogens with one attached hydrogen (secondary N) is 2. The van der Waals surface area contributed by atoms with Crippen LogP contribution in [0.25, 0.3) is 0 Å². The molecule has 2 aromatic rings. The maximum absolute atomic E-state index is 12.7. The van der Waals surface area contributed by atoms with Crippen LogP contribution in [-0.4, -0.2) is 58.1 Å². The Labute approximate surface area is 177 Å². The third-order valence-electron chi connectivity index (χ3n) is 5.51. The van der Waals surface area contributed by atoms with Gasteiger partial charge in [0.25, 0.3) is 11.8 Å². The molecule has 1 fully saturated rings. The first-order valence-corrected chi connectivity index (χ1v) is 10.1. The molecule has 2 atom stereocenters. The second-order valence-electron chi connectivity index (χ2n) is 7.71. The molecule has 0 radical (unpaired) electrons. The minimum Gasteiger partial charge on any atom is -0.497 e. The van der Waals surface area contributed by atoms with Gasteiger partial charge in [0.15, 0.2) is 6.54 Å². The first-order valence-electron chi connectivity index (χ1n) is 10.1. The summed E-state index contributed by atoms with van der Waals surface area (Å²) in [5, 5.41) is 2.95. The zero-order valence-electron chi connectivity index (χ0n) is 18.0. The predicted molar refractivity (Wildman–Crippen MR) is 115 cm³/mol. The van der Waals surface area contributed by atoms with E-state index in [2.05, 4.69) is 5.32 Å². The third kappa shape index (κ3) is 4.91. The summed E-state index contributed by atoms with van der Waals surface area (Å²) in [4.78, 5) is 27.4. The maximum Gasteiger partial charge on any atom is 0.279 e. The fraction of sp³-hybridized carbons (Fsp3) is 0.391. The Hall–Kier alpha value is -3.06. The number of benzene rings is 2. The smallest absolute Gasteiger partial charge is 0.279 e. The van der Waals surface area contributed by atoms with E-state index >= 15 is 0 Å². The molecular weight excluding hydrogens is 382 g/mol. The number of nitrogens with zero attached hydrogens (tertiary/aromatic N) is 1. The van der Waals surface area contributed by atoms with Crippen molar-refractivity contribution in [1.82, 2.24) is 4.90 Å². The summed E-state index contributed by atoms with van der Waals surface area (Å²) in [5.74, 6) is 1.44. The lowest BCUT2D eigenvalue weighted by molar-refractivity contribution is -0.910. The molecule has 0 saturated carbocycles. The lowest BCUT2D eigenvalue weighted by atomic mass is 10.0. The van der Waals surface area contributed by atoms with Gasteiger partial charge in [0, 0.05) is 44.3 Å². The molecule has 0 aromatic heterocycles. The molecule has 7 heteroatoms. The van der Waals surface area contributed by atoms with Crippen LogP contribution in [0.5, 0.6) is 11.5 Å². The summed E-state index contributed by atoms with van der Waals surface area (Å²) < 4.78 is 10.9. The van der Waals surface area contributed by atoms with Crippen molar-refractivity contribution >= 4 is 17.5 Å².